The van der Waals surface area contributed by atoms with Gasteiger partial charge in [0.15, 0.2) is 0 Å². The van der Waals surface area contributed by atoms with E-state index in [4.69, 9.17) is 5.11 Å². The Hall–Kier alpha value is -1.22. The quantitative estimate of drug-likeness (QED) is 0.842. The molecule has 1 aromatic carbocycles. The second-order valence-electron chi connectivity index (χ2n) is 3.97. The van der Waals surface area contributed by atoms with Gasteiger partial charge < -0.3 is 5.11 Å². The summed E-state index contributed by atoms with van der Waals surface area (Å²) in [7, 11) is -5.34. The molecular weight excluding hydrogens is 317 g/mol. The van der Waals surface area contributed by atoms with Crippen LogP contribution in [0.3, 0.4) is 0 Å². The monoisotopic (exact) mass is 328 g/mol. The van der Waals surface area contributed by atoms with Crippen molar-refractivity contribution < 1.29 is 31.5 Å². The molecule has 1 rings (SSSR count). The molecule has 0 spiro atoms. The highest BCUT2D eigenvalue weighted by molar-refractivity contribution is 7.99. The molecule has 112 valence electrons. The summed E-state index contributed by atoms with van der Waals surface area (Å²) in [5.41, 5.74) is -5.33. The number of hydrogen-bond donors (Lipinski definition) is 1. The van der Waals surface area contributed by atoms with Gasteiger partial charge in [-0.25, -0.2) is 8.42 Å². The highest BCUT2D eigenvalue weighted by Crippen LogP contribution is 2.31. The lowest BCUT2D eigenvalue weighted by Crippen LogP contribution is -2.23. The first-order chi connectivity index (χ1) is 9.05. The van der Waals surface area contributed by atoms with E-state index < -0.39 is 32.1 Å². The van der Waals surface area contributed by atoms with Crippen LogP contribution in [0.1, 0.15) is 6.92 Å². The maximum Gasteiger partial charge on any atom is 0.501 e. The molecule has 20 heavy (non-hydrogen) atoms. The van der Waals surface area contributed by atoms with E-state index in [0.717, 1.165) is 23.9 Å². The van der Waals surface area contributed by atoms with Crippen LogP contribution in [0.2, 0.25) is 0 Å². The summed E-state index contributed by atoms with van der Waals surface area (Å²) in [5, 5.41) is 8.68. The maximum absolute atomic E-state index is 12.3. The van der Waals surface area contributed by atoms with E-state index in [0.29, 0.717) is 4.90 Å². The van der Waals surface area contributed by atoms with Crippen molar-refractivity contribution >= 4 is 27.6 Å². The van der Waals surface area contributed by atoms with E-state index in [2.05, 4.69) is 0 Å². The molecule has 0 saturated carbocycles. The number of carboxylic acids is 1. The van der Waals surface area contributed by atoms with Gasteiger partial charge in [-0.2, -0.15) is 13.2 Å². The lowest BCUT2D eigenvalue weighted by atomic mass is 10.2. The molecular formula is C11H11F3O4S2. The van der Waals surface area contributed by atoms with Crippen molar-refractivity contribution in [1.29, 1.82) is 0 Å². The van der Waals surface area contributed by atoms with Crippen LogP contribution in [0.5, 0.6) is 0 Å². The largest absolute Gasteiger partial charge is 0.501 e. The molecule has 9 heteroatoms. The predicted molar refractivity (Wildman–Crippen MR) is 67.2 cm³/mol. The van der Waals surface area contributed by atoms with Crippen LogP contribution in [0.4, 0.5) is 13.2 Å². The first kappa shape index (κ1) is 16.8. The molecule has 0 aliphatic rings. The SMILES string of the molecule is CC(CSc1ccc(S(=O)(=O)C(F)(F)F)cc1)C(=O)O. The fourth-order valence-corrected chi connectivity index (χ4v) is 2.82. The van der Waals surface area contributed by atoms with Crippen molar-refractivity contribution in [2.45, 2.75) is 22.2 Å². The zero-order valence-electron chi connectivity index (χ0n) is 10.2. The fourth-order valence-electron chi connectivity index (χ4n) is 1.14. The Bertz CT molecular complexity index is 579. The Morgan fingerprint density at radius 1 is 1.30 bits per heavy atom. The van der Waals surface area contributed by atoms with Crippen molar-refractivity contribution in [2.75, 3.05) is 5.75 Å². The van der Waals surface area contributed by atoms with Crippen LogP contribution in [-0.2, 0) is 14.6 Å². The van der Waals surface area contributed by atoms with E-state index in [1.807, 2.05) is 0 Å². The third kappa shape index (κ3) is 3.89. The number of sulfone groups is 1. The predicted octanol–water partition coefficient (Wildman–Crippen LogP) is 2.79. The average molecular weight is 328 g/mol. The molecule has 1 unspecified atom stereocenters. The average Bonchev–Trinajstić information content (AvgIpc) is 2.34. The smallest absolute Gasteiger partial charge is 0.481 e. The number of carboxylic acid groups (broad SMARTS) is 1. The number of benzene rings is 1. The molecule has 0 aliphatic carbocycles. The molecule has 0 amide bonds. The second kappa shape index (κ2) is 6.04. The molecule has 1 atom stereocenters. The number of halogens is 3. The van der Waals surface area contributed by atoms with Crippen LogP contribution < -0.4 is 0 Å². The molecule has 0 radical (unpaired) electrons. The summed E-state index contributed by atoms with van der Waals surface area (Å²) in [6.45, 7) is 1.50. The summed E-state index contributed by atoms with van der Waals surface area (Å²) in [4.78, 5) is 10.3. The third-order valence-electron chi connectivity index (χ3n) is 2.36. The minimum atomic E-state index is -5.34. The van der Waals surface area contributed by atoms with Gasteiger partial charge in [0, 0.05) is 10.6 Å². The van der Waals surface area contributed by atoms with Gasteiger partial charge in [0.05, 0.1) is 10.8 Å². The Morgan fingerprint density at radius 2 is 1.80 bits per heavy atom. The Kier molecular flexibility index (Phi) is 5.09. The Labute approximate surface area is 117 Å². The van der Waals surface area contributed by atoms with Crippen LogP contribution in [0, 0.1) is 5.92 Å². The van der Waals surface area contributed by atoms with Crippen molar-refractivity contribution in [1.82, 2.24) is 0 Å². The van der Waals surface area contributed by atoms with E-state index >= 15 is 0 Å². The highest BCUT2D eigenvalue weighted by Gasteiger charge is 2.46. The van der Waals surface area contributed by atoms with Crippen LogP contribution in [0.15, 0.2) is 34.1 Å². The molecule has 0 aromatic heterocycles. The van der Waals surface area contributed by atoms with Gasteiger partial charge >= 0.3 is 11.5 Å². The first-order valence-corrected chi connectivity index (χ1v) is 7.79. The molecule has 0 saturated heterocycles. The van der Waals surface area contributed by atoms with Gasteiger partial charge in [-0.15, -0.1) is 11.8 Å². The first-order valence-electron chi connectivity index (χ1n) is 5.32. The van der Waals surface area contributed by atoms with E-state index in [1.54, 1.807) is 0 Å². The highest BCUT2D eigenvalue weighted by atomic mass is 32.2. The minimum absolute atomic E-state index is 0.237. The van der Waals surface area contributed by atoms with Gasteiger partial charge in [0.2, 0.25) is 0 Å². The summed E-state index contributed by atoms with van der Waals surface area (Å²) in [6.07, 6.45) is 0. The van der Waals surface area contributed by atoms with Gasteiger partial charge in [0.25, 0.3) is 9.84 Å². The molecule has 0 fully saturated rings. The minimum Gasteiger partial charge on any atom is -0.481 e. The molecule has 0 heterocycles. The summed E-state index contributed by atoms with van der Waals surface area (Å²) in [5.74, 6) is -1.35. The normalized spacial score (nSPS) is 14.0. The lowest BCUT2D eigenvalue weighted by Gasteiger charge is -2.09. The van der Waals surface area contributed by atoms with Gasteiger partial charge in [-0.05, 0) is 24.3 Å². The van der Waals surface area contributed by atoms with Gasteiger partial charge in [-0.3, -0.25) is 4.79 Å². The standard InChI is InChI=1S/C11H11F3O4S2/c1-7(10(15)16)6-19-8-2-4-9(5-3-8)20(17,18)11(12,13)14/h2-5,7H,6H2,1H3,(H,15,16). The van der Waals surface area contributed by atoms with Gasteiger partial charge in [-0.1, -0.05) is 6.92 Å². The van der Waals surface area contributed by atoms with E-state index in [9.17, 15) is 26.4 Å². The van der Waals surface area contributed by atoms with Crippen LogP contribution >= 0.6 is 11.8 Å². The molecule has 4 nitrogen and oxygen atoms in total. The number of hydrogen-bond acceptors (Lipinski definition) is 4. The summed E-state index contributed by atoms with van der Waals surface area (Å²) in [6, 6.07) is 4.16. The number of rotatable bonds is 5. The number of alkyl halides is 3. The van der Waals surface area contributed by atoms with Crippen LogP contribution in [-0.4, -0.2) is 30.8 Å². The second-order valence-corrected chi connectivity index (χ2v) is 7.01. The zero-order valence-corrected chi connectivity index (χ0v) is 11.8. The third-order valence-corrected chi connectivity index (χ3v) is 5.13. The topological polar surface area (TPSA) is 71.4 Å². The lowest BCUT2D eigenvalue weighted by molar-refractivity contribution is -0.140. The maximum atomic E-state index is 12.3. The summed E-state index contributed by atoms with van der Waals surface area (Å²) < 4.78 is 59.1. The Balaban J connectivity index is 2.83. The number of carbonyl (C=O) groups is 1. The van der Waals surface area contributed by atoms with E-state index in [1.165, 1.54) is 19.1 Å². The molecule has 1 aromatic rings. The number of thioether (sulfide) groups is 1. The Morgan fingerprint density at radius 3 is 2.20 bits per heavy atom. The molecule has 1 N–H and O–H groups in total. The molecule has 0 bridgehead atoms. The zero-order chi connectivity index (χ0) is 15.6. The molecule has 0 aliphatic heterocycles. The fraction of sp³-hybridized carbons (Fsp3) is 0.364. The van der Waals surface area contributed by atoms with Crippen molar-refractivity contribution in [2.24, 2.45) is 5.92 Å². The summed E-state index contributed by atoms with van der Waals surface area (Å²) >= 11 is 1.13. The van der Waals surface area contributed by atoms with E-state index in [-0.39, 0.29) is 5.75 Å². The van der Waals surface area contributed by atoms with Crippen molar-refractivity contribution in [3.05, 3.63) is 24.3 Å². The van der Waals surface area contributed by atoms with Crippen LogP contribution in [0.25, 0.3) is 0 Å². The van der Waals surface area contributed by atoms with Gasteiger partial charge in [0.1, 0.15) is 0 Å². The van der Waals surface area contributed by atoms with Crippen molar-refractivity contribution in [3.8, 4) is 0 Å². The van der Waals surface area contributed by atoms with Crippen molar-refractivity contribution in [3.63, 3.8) is 0 Å². The number of aliphatic carboxylic acids is 1.